The monoisotopic (exact) mass is 202 g/mol. The molecule has 0 spiro atoms. The van der Waals surface area contributed by atoms with Crippen LogP contribution in [0.5, 0.6) is 0 Å². The molecule has 78 valence electrons. The summed E-state index contributed by atoms with van der Waals surface area (Å²) in [4.78, 5) is 8.21. The molecular formula is C11H14N4. The van der Waals surface area contributed by atoms with Crippen molar-refractivity contribution < 1.29 is 0 Å². The maximum absolute atomic E-state index is 8.71. The molecule has 0 amide bonds. The highest BCUT2D eigenvalue weighted by atomic mass is 15.1. The molecule has 2 rings (SSSR count). The van der Waals surface area contributed by atoms with Crippen LogP contribution in [0.3, 0.4) is 0 Å². The normalized spacial score (nSPS) is 15.8. The van der Waals surface area contributed by atoms with Crippen LogP contribution in [0.2, 0.25) is 0 Å². The summed E-state index contributed by atoms with van der Waals surface area (Å²) in [5, 5.41) is 12.0. The molecule has 1 aromatic rings. The molecule has 1 heterocycles. The number of aromatic nitrogens is 2. The van der Waals surface area contributed by atoms with Crippen LogP contribution in [0.1, 0.15) is 32.4 Å². The van der Waals surface area contributed by atoms with E-state index in [9.17, 15) is 0 Å². The van der Waals surface area contributed by atoms with E-state index in [1.54, 1.807) is 12.3 Å². The number of anilines is 1. The summed E-state index contributed by atoms with van der Waals surface area (Å²) in [5.41, 5.74) is 0.424. The van der Waals surface area contributed by atoms with Gasteiger partial charge in [-0.2, -0.15) is 5.26 Å². The quantitative estimate of drug-likeness (QED) is 0.813. The summed E-state index contributed by atoms with van der Waals surface area (Å²) in [7, 11) is 0. The molecule has 1 aliphatic carbocycles. The standard InChI is InChI=1S/C11H14N4/c1-11(2,8-3-4-8)15-10-13-6-5-9(7-12)14-10/h5-6,8H,3-4H2,1-2H3,(H,13,14,15). The highest BCUT2D eigenvalue weighted by Gasteiger charge is 2.38. The van der Waals surface area contributed by atoms with E-state index in [-0.39, 0.29) is 5.54 Å². The van der Waals surface area contributed by atoms with Crippen molar-refractivity contribution in [2.45, 2.75) is 32.2 Å². The molecule has 1 N–H and O–H groups in total. The minimum absolute atomic E-state index is 0.0219. The van der Waals surface area contributed by atoms with Crippen molar-refractivity contribution in [2.75, 3.05) is 5.32 Å². The van der Waals surface area contributed by atoms with Crippen molar-refractivity contribution in [3.05, 3.63) is 18.0 Å². The fourth-order valence-corrected chi connectivity index (χ4v) is 1.68. The highest BCUT2D eigenvalue weighted by Crippen LogP contribution is 2.40. The van der Waals surface area contributed by atoms with Gasteiger partial charge >= 0.3 is 0 Å². The van der Waals surface area contributed by atoms with Gasteiger partial charge in [0, 0.05) is 11.7 Å². The number of nitrogens with one attached hydrogen (secondary N) is 1. The fourth-order valence-electron chi connectivity index (χ4n) is 1.68. The lowest BCUT2D eigenvalue weighted by Gasteiger charge is -2.25. The Hall–Kier alpha value is -1.63. The Morgan fingerprint density at radius 1 is 1.53 bits per heavy atom. The van der Waals surface area contributed by atoms with Crippen LogP contribution < -0.4 is 5.32 Å². The largest absolute Gasteiger partial charge is 0.349 e. The van der Waals surface area contributed by atoms with Gasteiger partial charge in [-0.25, -0.2) is 9.97 Å². The third kappa shape index (κ3) is 2.24. The molecule has 1 aromatic heterocycles. The lowest BCUT2D eigenvalue weighted by Crippen LogP contribution is -2.34. The van der Waals surface area contributed by atoms with Crippen LogP contribution in [0.25, 0.3) is 0 Å². The molecular weight excluding hydrogens is 188 g/mol. The lowest BCUT2D eigenvalue weighted by atomic mass is 9.99. The number of rotatable bonds is 3. The molecule has 1 saturated carbocycles. The number of nitrogens with zero attached hydrogens (tertiary/aromatic N) is 3. The second-order valence-electron chi connectivity index (χ2n) is 4.50. The Morgan fingerprint density at radius 2 is 2.27 bits per heavy atom. The Kier molecular flexibility index (Phi) is 2.31. The van der Waals surface area contributed by atoms with Gasteiger partial charge in [-0.3, -0.25) is 0 Å². The molecule has 0 aromatic carbocycles. The SMILES string of the molecule is CC(C)(Nc1nccc(C#N)n1)C1CC1. The average molecular weight is 202 g/mol. The summed E-state index contributed by atoms with van der Waals surface area (Å²) >= 11 is 0. The first-order chi connectivity index (χ1) is 7.12. The van der Waals surface area contributed by atoms with Gasteiger partial charge in [0.1, 0.15) is 11.8 Å². The van der Waals surface area contributed by atoms with Crippen molar-refractivity contribution >= 4 is 5.95 Å². The zero-order valence-corrected chi connectivity index (χ0v) is 8.99. The molecule has 0 bridgehead atoms. The summed E-state index contributed by atoms with van der Waals surface area (Å²) in [5.74, 6) is 1.25. The van der Waals surface area contributed by atoms with Gasteiger partial charge in [-0.1, -0.05) is 0 Å². The minimum Gasteiger partial charge on any atom is -0.349 e. The van der Waals surface area contributed by atoms with Crippen molar-refractivity contribution in [1.29, 1.82) is 5.26 Å². The number of nitriles is 1. The van der Waals surface area contributed by atoms with E-state index in [4.69, 9.17) is 5.26 Å². The van der Waals surface area contributed by atoms with E-state index < -0.39 is 0 Å². The molecule has 0 atom stereocenters. The first-order valence-corrected chi connectivity index (χ1v) is 5.13. The molecule has 4 nitrogen and oxygen atoms in total. The van der Waals surface area contributed by atoms with Gasteiger partial charge in [0.2, 0.25) is 5.95 Å². The first kappa shape index (κ1) is 9.91. The Balaban J connectivity index is 2.13. The van der Waals surface area contributed by atoms with Gasteiger partial charge in [0.25, 0.3) is 0 Å². The predicted octanol–water partition coefficient (Wildman–Crippen LogP) is 1.95. The zero-order chi connectivity index (χ0) is 10.9. The minimum atomic E-state index is 0.0219. The maximum atomic E-state index is 8.71. The van der Waals surface area contributed by atoms with Gasteiger partial charge in [0.05, 0.1) is 0 Å². The summed E-state index contributed by atoms with van der Waals surface area (Å²) in [6, 6.07) is 3.61. The maximum Gasteiger partial charge on any atom is 0.224 e. The number of hydrogen-bond acceptors (Lipinski definition) is 4. The molecule has 0 aliphatic heterocycles. The third-order valence-electron chi connectivity index (χ3n) is 2.80. The molecule has 0 unspecified atom stereocenters. The van der Waals surface area contributed by atoms with E-state index in [0.29, 0.717) is 17.6 Å². The van der Waals surface area contributed by atoms with E-state index in [0.717, 1.165) is 0 Å². The lowest BCUT2D eigenvalue weighted by molar-refractivity contribution is 0.490. The Labute approximate surface area is 89.4 Å². The van der Waals surface area contributed by atoms with Gasteiger partial charge in [-0.05, 0) is 38.7 Å². The van der Waals surface area contributed by atoms with Crippen LogP contribution in [-0.2, 0) is 0 Å². The molecule has 4 heteroatoms. The predicted molar refractivity (Wildman–Crippen MR) is 57.2 cm³/mol. The third-order valence-corrected chi connectivity index (χ3v) is 2.80. The molecule has 15 heavy (non-hydrogen) atoms. The van der Waals surface area contributed by atoms with Gasteiger partial charge < -0.3 is 5.32 Å². The second kappa shape index (κ2) is 3.50. The Morgan fingerprint density at radius 3 is 2.87 bits per heavy atom. The number of hydrogen-bond donors (Lipinski definition) is 1. The smallest absolute Gasteiger partial charge is 0.224 e. The molecule has 0 radical (unpaired) electrons. The van der Waals surface area contributed by atoms with E-state index in [2.05, 4.69) is 29.1 Å². The second-order valence-corrected chi connectivity index (χ2v) is 4.50. The summed E-state index contributed by atoms with van der Waals surface area (Å²) in [6.45, 7) is 4.29. The van der Waals surface area contributed by atoms with E-state index in [1.807, 2.05) is 6.07 Å². The topological polar surface area (TPSA) is 61.6 Å². The van der Waals surface area contributed by atoms with Crippen LogP contribution in [0, 0.1) is 17.2 Å². The van der Waals surface area contributed by atoms with E-state index >= 15 is 0 Å². The van der Waals surface area contributed by atoms with E-state index in [1.165, 1.54) is 12.8 Å². The summed E-state index contributed by atoms with van der Waals surface area (Å²) in [6.07, 6.45) is 4.13. The van der Waals surface area contributed by atoms with Crippen molar-refractivity contribution in [3.8, 4) is 6.07 Å². The summed E-state index contributed by atoms with van der Waals surface area (Å²) < 4.78 is 0. The molecule has 0 saturated heterocycles. The van der Waals surface area contributed by atoms with Crippen molar-refractivity contribution in [3.63, 3.8) is 0 Å². The Bertz CT molecular complexity index is 401. The molecule has 1 aliphatic rings. The fraction of sp³-hybridized carbons (Fsp3) is 0.545. The van der Waals surface area contributed by atoms with Gasteiger partial charge in [0.15, 0.2) is 0 Å². The van der Waals surface area contributed by atoms with Gasteiger partial charge in [-0.15, -0.1) is 0 Å². The highest BCUT2D eigenvalue weighted by molar-refractivity contribution is 5.33. The first-order valence-electron chi connectivity index (χ1n) is 5.13. The van der Waals surface area contributed by atoms with Crippen LogP contribution in [0.4, 0.5) is 5.95 Å². The average Bonchev–Trinajstić information content (AvgIpc) is 3.00. The molecule has 1 fully saturated rings. The van der Waals surface area contributed by atoms with Crippen molar-refractivity contribution in [2.24, 2.45) is 5.92 Å². The van der Waals surface area contributed by atoms with Crippen LogP contribution >= 0.6 is 0 Å². The van der Waals surface area contributed by atoms with Crippen molar-refractivity contribution in [1.82, 2.24) is 9.97 Å². The zero-order valence-electron chi connectivity index (χ0n) is 8.99. The van der Waals surface area contributed by atoms with Crippen LogP contribution in [0.15, 0.2) is 12.3 Å². The van der Waals surface area contributed by atoms with Crippen LogP contribution in [-0.4, -0.2) is 15.5 Å².